The van der Waals surface area contributed by atoms with Gasteiger partial charge < -0.3 is 5.11 Å². The summed E-state index contributed by atoms with van der Waals surface area (Å²) in [7, 11) is 0. The molecule has 0 saturated carbocycles. The van der Waals surface area contributed by atoms with Crippen LogP contribution in [0, 0.1) is 0 Å². The van der Waals surface area contributed by atoms with E-state index < -0.39 is 5.97 Å². The summed E-state index contributed by atoms with van der Waals surface area (Å²) in [6.45, 7) is 0. The number of amides is 1. The van der Waals surface area contributed by atoms with Crippen LogP contribution in [0.2, 0.25) is 5.02 Å². The fraction of sp³-hybridized carbons (Fsp3) is 0.118. The molecule has 0 spiro atoms. The zero-order valence-corrected chi connectivity index (χ0v) is 14.2. The number of halogens is 1. The van der Waals surface area contributed by atoms with E-state index in [9.17, 15) is 9.59 Å². The SMILES string of the molecule is O=C(O)CSCC(=NNC(=O)c1ccc(Cl)cc1)c1ccccc1. The highest BCUT2D eigenvalue weighted by Crippen LogP contribution is 2.10. The smallest absolute Gasteiger partial charge is 0.313 e. The van der Waals surface area contributed by atoms with Gasteiger partial charge in [-0.3, -0.25) is 9.59 Å². The molecule has 2 N–H and O–H groups in total. The number of aliphatic carboxylic acids is 1. The number of carbonyl (C=O) groups is 2. The van der Waals surface area contributed by atoms with E-state index in [4.69, 9.17) is 16.7 Å². The summed E-state index contributed by atoms with van der Waals surface area (Å²) >= 11 is 7.01. The van der Waals surface area contributed by atoms with Gasteiger partial charge in [-0.2, -0.15) is 5.10 Å². The predicted octanol–water partition coefficient (Wildman–Crippen LogP) is 3.29. The number of nitrogens with one attached hydrogen (secondary N) is 1. The molecule has 0 atom stereocenters. The van der Waals surface area contributed by atoms with Crippen LogP contribution in [-0.2, 0) is 4.79 Å². The number of hydrogen-bond acceptors (Lipinski definition) is 4. The van der Waals surface area contributed by atoms with Crippen LogP contribution >= 0.6 is 23.4 Å². The fourth-order valence-corrected chi connectivity index (χ4v) is 2.66. The first-order chi connectivity index (χ1) is 11.6. The molecule has 2 rings (SSSR count). The van der Waals surface area contributed by atoms with E-state index in [1.807, 2.05) is 30.3 Å². The lowest BCUT2D eigenvalue weighted by atomic mass is 10.1. The Bertz CT molecular complexity index is 733. The summed E-state index contributed by atoms with van der Waals surface area (Å²) in [4.78, 5) is 22.8. The average Bonchev–Trinajstić information content (AvgIpc) is 2.58. The van der Waals surface area contributed by atoms with E-state index >= 15 is 0 Å². The Balaban J connectivity index is 2.10. The van der Waals surface area contributed by atoms with Crippen molar-refractivity contribution in [3.8, 4) is 0 Å². The first-order valence-electron chi connectivity index (χ1n) is 7.03. The van der Waals surface area contributed by atoms with Gasteiger partial charge in [0.1, 0.15) is 0 Å². The highest BCUT2D eigenvalue weighted by atomic mass is 35.5. The Morgan fingerprint density at radius 2 is 1.67 bits per heavy atom. The molecule has 24 heavy (non-hydrogen) atoms. The molecule has 5 nitrogen and oxygen atoms in total. The number of carbonyl (C=O) groups excluding carboxylic acids is 1. The van der Waals surface area contributed by atoms with Crippen molar-refractivity contribution in [2.45, 2.75) is 0 Å². The Kier molecular flexibility index (Phi) is 6.84. The number of thioether (sulfide) groups is 1. The Morgan fingerprint density at radius 1 is 1.00 bits per heavy atom. The highest BCUT2D eigenvalue weighted by Gasteiger charge is 2.08. The van der Waals surface area contributed by atoms with Crippen molar-refractivity contribution in [3.63, 3.8) is 0 Å². The highest BCUT2D eigenvalue weighted by molar-refractivity contribution is 8.00. The summed E-state index contributed by atoms with van der Waals surface area (Å²) < 4.78 is 0. The Labute approximate surface area is 148 Å². The molecule has 0 bridgehead atoms. The van der Waals surface area contributed by atoms with E-state index in [1.54, 1.807) is 24.3 Å². The van der Waals surface area contributed by atoms with Gasteiger partial charge in [-0.25, -0.2) is 5.43 Å². The Hall–Kier alpha value is -2.31. The first-order valence-corrected chi connectivity index (χ1v) is 8.57. The summed E-state index contributed by atoms with van der Waals surface area (Å²) in [6.07, 6.45) is 0. The molecule has 0 saturated heterocycles. The molecule has 0 aliphatic carbocycles. The third-order valence-electron chi connectivity index (χ3n) is 2.97. The molecule has 0 fully saturated rings. The van der Waals surface area contributed by atoms with Crippen molar-refractivity contribution in [3.05, 3.63) is 70.7 Å². The van der Waals surface area contributed by atoms with Crippen LogP contribution in [0.3, 0.4) is 0 Å². The monoisotopic (exact) mass is 362 g/mol. The minimum Gasteiger partial charge on any atom is -0.481 e. The van der Waals surface area contributed by atoms with Crippen molar-refractivity contribution in [2.75, 3.05) is 11.5 Å². The Morgan fingerprint density at radius 3 is 2.29 bits per heavy atom. The summed E-state index contributed by atoms with van der Waals surface area (Å²) in [6, 6.07) is 15.8. The lowest BCUT2D eigenvalue weighted by Gasteiger charge is -2.07. The normalized spacial score (nSPS) is 11.1. The third kappa shape index (κ3) is 5.72. The molecule has 0 unspecified atom stereocenters. The number of hydrazone groups is 1. The van der Waals surface area contributed by atoms with Crippen molar-refractivity contribution >= 4 is 41.0 Å². The summed E-state index contributed by atoms with van der Waals surface area (Å²) in [5, 5.41) is 13.5. The molecule has 2 aromatic carbocycles. The first kappa shape index (κ1) is 18.0. The van der Waals surface area contributed by atoms with Crippen LogP contribution in [-0.4, -0.2) is 34.2 Å². The molecule has 1 amide bonds. The largest absolute Gasteiger partial charge is 0.481 e. The zero-order chi connectivity index (χ0) is 17.4. The maximum Gasteiger partial charge on any atom is 0.313 e. The average molecular weight is 363 g/mol. The quantitative estimate of drug-likeness (QED) is 0.585. The van der Waals surface area contributed by atoms with Crippen LogP contribution in [0.4, 0.5) is 0 Å². The molecule has 2 aromatic rings. The van der Waals surface area contributed by atoms with Crippen LogP contribution in [0.1, 0.15) is 15.9 Å². The lowest BCUT2D eigenvalue weighted by Crippen LogP contribution is -2.21. The minimum absolute atomic E-state index is 0.0308. The molecule has 124 valence electrons. The molecule has 0 aliphatic heterocycles. The van der Waals surface area contributed by atoms with Crippen LogP contribution in [0.15, 0.2) is 59.7 Å². The number of benzene rings is 2. The van der Waals surface area contributed by atoms with Crippen molar-refractivity contribution in [1.82, 2.24) is 5.43 Å². The van der Waals surface area contributed by atoms with Crippen molar-refractivity contribution in [2.24, 2.45) is 5.10 Å². The van der Waals surface area contributed by atoms with Crippen LogP contribution in [0.25, 0.3) is 0 Å². The fourth-order valence-electron chi connectivity index (χ4n) is 1.83. The number of carboxylic acid groups (broad SMARTS) is 1. The summed E-state index contributed by atoms with van der Waals surface area (Å²) in [5.41, 5.74) is 4.37. The van der Waals surface area contributed by atoms with Gasteiger partial charge >= 0.3 is 5.97 Å². The third-order valence-corrected chi connectivity index (χ3v) is 4.15. The van der Waals surface area contributed by atoms with Crippen molar-refractivity contribution < 1.29 is 14.7 Å². The van der Waals surface area contributed by atoms with E-state index in [1.165, 1.54) is 11.8 Å². The van der Waals surface area contributed by atoms with E-state index in [-0.39, 0.29) is 11.7 Å². The molecule has 0 radical (unpaired) electrons. The van der Waals surface area contributed by atoms with Gasteiger partial charge in [-0.05, 0) is 29.8 Å². The van der Waals surface area contributed by atoms with Gasteiger partial charge in [0.05, 0.1) is 11.5 Å². The molecular formula is C17H15ClN2O3S. The second-order valence-electron chi connectivity index (χ2n) is 4.76. The number of rotatable bonds is 7. The predicted molar refractivity (Wildman–Crippen MR) is 96.9 cm³/mol. The van der Waals surface area contributed by atoms with E-state index in [2.05, 4.69) is 10.5 Å². The van der Waals surface area contributed by atoms with Gasteiger partial charge in [-0.15, -0.1) is 11.8 Å². The number of carboxylic acids is 1. The molecule has 0 aliphatic rings. The molecule has 0 heterocycles. The number of hydrogen-bond donors (Lipinski definition) is 2. The second kappa shape index (κ2) is 9.10. The number of nitrogens with zero attached hydrogens (tertiary/aromatic N) is 1. The second-order valence-corrected chi connectivity index (χ2v) is 6.18. The summed E-state index contributed by atoms with van der Waals surface area (Å²) in [5.74, 6) is -0.908. The van der Waals surface area contributed by atoms with Gasteiger partial charge in [0, 0.05) is 16.3 Å². The maximum absolute atomic E-state index is 12.1. The maximum atomic E-state index is 12.1. The molecule has 0 aromatic heterocycles. The van der Waals surface area contributed by atoms with Gasteiger partial charge in [0.15, 0.2) is 0 Å². The van der Waals surface area contributed by atoms with Gasteiger partial charge in [0.25, 0.3) is 5.91 Å². The molecule has 7 heteroatoms. The van der Waals surface area contributed by atoms with Crippen molar-refractivity contribution in [1.29, 1.82) is 0 Å². The van der Waals surface area contributed by atoms with Gasteiger partial charge in [-0.1, -0.05) is 41.9 Å². The zero-order valence-electron chi connectivity index (χ0n) is 12.6. The van der Waals surface area contributed by atoms with E-state index in [0.717, 1.165) is 5.56 Å². The standard InChI is InChI=1S/C17H15ClN2O3S/c18-14-8-6-13(7-9-14)17(23)20-19-15(10-24-11-16(21)22)12-4-2-1-3-5-12/h1-9H,10-11H2,(H,20,23)(H,21,22). The van der Waals surface area contributed by atoms with Crippen LogP contribution < -0.4 is 5.43 Å². The van der Waals surface area contributed by atoms with Crippen LogP contribution in [0.5, 0.6) is 0 Å². The minimum atomic E-state index is -0.891. The van der Waals surface area contributed by atoms with E-state index in [0.29, 0.717) is 22.1 Å². The molecular weight excluding hydrogens is 348 g/mol. The van der Waals surface area contributed by atoms with Gasteiger partial charge in [0.2, 0.25) is 0 Å². The topological polar surface area (TPSA) is 78.8 Å². The lowest BCUT2D eigenvalue weighted by molar-refractivity contribution is -0.133.